The molecule has 0 aromatic rings. The molecule has 0 bridgehead atoms. The van der Waals surface area contributed by atoms with Crippen molar-refractivity contribution in [3.63, 3.8) is 0 Å². The Hall–Kier alpha value is -0.120. The van der Waals surface area contributed by atoms with Crippen molar-refractivity contribution in [2.24, 2.45) is 0 Å². The predicted octanol–water partition coefficient (Wildman–Crippen LogP) is 1.70. The highest BCUT2D eigenvalue weighted by molar-refractivity contribution is 4.70. The zero-order valence-corrected chi connectivity index (χ0v) is 11.9. The lowest BCUT2D eigenvalue weighted by Crippen LogP contribution is -2.40. The topological polar surface area (TPSA) is 27.3 Å². The zero-order chi connectivity index (χ0) is 12.4. The summed E-state index contributed by atoms with van der Waals surface area (Å²) in [5, 5.41) is 6.94. The van der Waals surface area contributed by atoms with Crippen molar-refractivity contribution in [3.8, 4) is 0 Å². The zero-order valence-electron chi connectivity index (χ0n) is 11.9. The van der Waals surface area contributed by atoms with Gasteiger partial charge in [0.1, 0.15) is 0 Å². The van der Waals surface area contributed by atoms with Gasteiger partial charge in [0.2, 0.25) is 0 Å². The van der Waals surface area contributed by atoms with Crippen LogP contribution in [0, 0.1) is 0 Å². The van der Waals surface area contributed by atoms with E-state index in [0.717, 1.165) is 19.6 Å². The number of hydrogen-bond donors (Lipinski definition) is 2. The van der Waals surface area contributed by atoms with Gasteiger partial charge in [0.15, 0.2) is 0 Å². The van der Waals surface area contributed by atoms with Gasteiger partial charge in [0.05, 0.1) is 0 Å². The summed E-state index contributed by atoms with van der Waals surface area (Å²) in [5.74, 6) is 0. The molecule has 0 saturated carbocycles. The summed E-state index contributed by atoms with van der Waals surface area (Å²) in [6.45, 7) is 17.9. The Morgan fingerprint density at radius 2 is 1.56 bits per heavy atom. The molecule has 0 amide bonds. The van der Waals surface area contributed by atoms with Crippen LogP contribution in [-0.2, 0) is 0 Å². The highest BCUT2D eigenvalue weighted by Gasteiger charge is 2.06. The molecule has 0 heterocycles. The molecule has 3 heteroatoms. The van der Waals surface area contributed by atoms with Crippen LogP contribution in [0.15, 0.2) is 0 Å². The Kier molecular flexibility index (Phi) is 8.90. The summed E-state index contributed by atoms with van der Waals surface area (Å²) < 4.78 is 0. The second-order valence-corrected chi connectivity index (χ2v) is 5.31. The molecule has 0 aliphatic rings. The van der Waals surface area contributed by atoms with Gasteiger partial charge in [-0.3, -0.25) is 0 Å². The number of nitrogens with zero attached hydrogens (tertiary/aromatic N) is 1. The van der Waals surface area contributed by atoms with E-state index in [0.29, 0.717) is 0 Å². The van der Waals surface area contributed by atoms with Gasteiger partial charge in [-0.25, -0.2) is 0 Å². The van der Waals surface area contributed by atoms with Crippen LogP contribution < -0.4 is 10.6 Å². The fourth-order valence-electron chi connectivity index (χ4n) is 1.62. The first-order valence-corrected chi connectivity index (χ1v) is 6.67. The maximum atomic E-state index is 3.47. The lowest BCUT2D eigenvalue weighted by atomic mass is 10.1. The third-order valence-electron chi connectivity index (χ3n) is 2.68. The first kappa shape index (κ1) is 15.9. The SMILES string of the molecule is CCN(CC)CCCNCCNC(C)(C)C. The Morgan fingerprint density at radius 3 is 2.06 bits per heavy atom. The third kappa shape index (κ3) is 10.4. The molecule has 0 fully saturated rings. The minimum Gasteiger partial charge on any atom is -0.315 e. The normalized spacial score (nSPS) is 12.4. The molecule has 98 valence electrons. The predicted molar refractivity (Wildman–Crippen MR) is 73.0 cm³/mol. The smallest absolute Gasteiger partial charge is 0.00970 e. The Bertz CT molecular complexity index is 148. The molecular formula is C13H31N3. The standard InChI is InChI=1S/C13H31N3/c1-6-16(7-2)12-8-9-14-10-11-15-13(3,4)5/h14-15H,6-12H2,1-5H3. The van der Waals surface area contributed by atoms with Gasteiger partial charge in [-0.2, -0.15) is 0 Å². The minimum absolute atomic E-state index is 0.239. The van der Waals surface area contributed by atoms with Gasteiger partial charge in [-0.15, -0.1) is 0 Å². The minimum atomic E-state index is 0.239. The molecule has 0 aliphatic heterocycles. The molecular weight excluding hydrogens is 198 g/mol. The summed E-state index contributed by atoms with van der Waals surface area (Å²) in [6, 6.07) is 0. The molecule has 3 nitrogen and oxygen atoms in total. The van der Waals surface area contributed by atoms with E-state index in [1.165, 1.54) is 26.1 Å². The van der Waals surface area contributed by atoms with Crippen molar-refractivity contribution >= 4 is 0 Å². The van der Waals surface area contributed by atoms with Crippen molar-refractivity contribution in [1.29, 1.82) is 0 Å². The molecule has 2 N–H and O–H groups in total. The van der Waals surface area contributed by atoms with Gasteiger partial charge < -0.3 is 15.5 Å². The molecule has 0 saturated heterocycles. The van der Waals surface area contributed by atoms with E-state index in [2.05, 4.69) is 50.2 Å². The van der Waals surface area contributed by atoms with Gasteiger partial charge in [-0.05, 0) is 53.4 Å². The first-order valence-electron chi connectivity index (χ1n) is 6.67. The molecule has 0 unspecified atom stereocenters. The van der Waals surface area contributed by atoms with Crippen LogP contribution in [0.1, 0.15) is 41.0 Å². The van der Waals surface area contributed by atoms with Gasteiger partial charge in [0.25, 0.3) is 0 Å². The average molecular weight is 229 g/mol. The highest BCUT2D eigenvalue weighted by Crippen LogP contribution is 1.96. The fourth-order valence-corrected chi connectivity index (χ4v) is 1.62. The monoisotopic (exact) mass is 229 g/mol. The van der Waals surface area contributed by atoms with Crippen LogP contribution in [-0.4, -0.2) is 49.7 Å². The van der Waals surface area contributed by atoms with Crippen molar-refractivity contribution < 1.29 is 0 Å². The fraction of sp³-hybridized carbons (Fsp3) is 1.00. The maximum Gasteiger partial charge on any atom is 0.00970 e. The Labute approximate surface area is 102 Å². The largest absolute Gasteiger partial charge is 0.315 e. The van der Waals surface area contributed by atoms with Gasteiger partial charge in [0, 0.05) is 18.6 Å². The van der Waals surface area contributed by atoms with Crippen LogP contribution in [0.2, 0.25) is 0 Å². The lowest BCUT2D eigenvalue weighted by Gasteiger charge is -2.21. The number of nitrogens with one attached hydrogen (secondary N) is 2. The molecule has 0 radical (unpaired) electrons. The van der Waals surface area contributed by atoms with E-state index in [1.54, 1.807) is 0 Å². The molecule has 0 aromatic carbocycles. The molecule has 0 spiro atoms. The molecule has 0 aromatic heterocycles. The van der Waals surface area contributed by atoms with Crippen molar-refractivity contribution in [2.75, 3.05) is 39.3 Å². The van der Waals surface area contributed by atoms with Crippen LogP contribution in [0.25, 0.3) is 0 Å². The summed E-state index contributed by atoms with van der Waals surface area (Å²) in [5.41, 5.74) is 0.239. The van der Waals surface area contributed by atoms with Crippen LogP contribution in [0.4, 0.5) is 0 Å². The number of rotatable bonds is 9. The van der Waals surface area contributed by atoms with E-state index in [4.69, 9.17) is 0 Å². The molecule has 0 rings (SSSR count). The van der Waals surface area contributed by atoms with Crippen LogP contribution in [0.3, 0.4) is 0 Å². The number of hydrogen-bond acceptors (Lipinski definition) is 3. The summed E-state index contributed by atoms with van der Waals surface area (Å²) in [7, 11) is 0. The van der Waals surface area contributed by atoms with Gasteiger partial charge >= 0.3 is 0 Å². The second-order valence-electron chi connectivity index (χ2n) is 5.31. The van der Waals surface area contributed by atoms with Crippen molar-refractivity contribution in [2.45, 2.75) is 46.6 Å². The van der Waals surface area contributed by atoms with E-state index in [-0.39, 0.29) is 5.54 Å². The van der Waals surface area contributed by atoms with E-state index >= 15 is 0 Å². The van der Waals surface area contributed by atoms with E-state index in [9.17, 15) is 0 Å². The second kappa shape index (κ2) is 8.97. The molecule has 0 aliphatic carbocycles. The Balaban J connectivity index is 3.21. The van der Waals surface area contributed by atoms with Crippen molar-refractivity contribution in [3.05, 3.63) is 0 Å². The molecule has 16 heavy (non-hydrogen) atoms. The summed E-state index contributed by atoms with van der Waals surface area (Å²) in [6.07, 6.45) is 1.25. The molecule has 0 atom stereocenters. The van der Waals surface area contributed by atoms with E-state index in [1.807, 2.05) is 0 Å². The first-order chi connectivity index (χ1) is 7.49. The quantitative estimate of drug-likeness (QED) is 0.589. The summed E-state index contributed by atoms with van der Waals surface area (Å²) in [4.78, 5) is 2.47. The Morgan fingerprint density at radius 1 is 0.938 bits per heavy atom. The summed E-state index contributed by atoms with van der Waals surface area (Å²) >= 11 is 0. The third-order valence-corrected chi connectivity index (χ3v) is 2.68. The van der Waals surface area contributed by atoms with Crippen LogP contribution >= 0.6 is 0 Å². The lowest BCUT2D eigenvalue weighted by molar-refractivity contribution is 0.297. The average Bonchev–Trinajstić information content (AvgIpc) is 2.21. The van der Waals surface area contributed by atoms with Gasteiger partial charge in [-0.1, -0.05) is 13.8 Å². The van der Waals surface area contributed by atoms with Crippen LogP contribution in [0.5, 0.6) is 0 Å². The maximum absolute atomic E-state index is 3.47. The van der Waals surface area contributed by atoms with Crippen molar-refractivity contribution in [1.82, 2.24) is 15.5 Å². The van der Waals surface area contributed by atoms with E-state index < -0.39 is 0 Å². The highest BCUT2D eigenvalue weighted by atomic mass is 15.1.